The minimum absolute atomic E-state index is 0.0879. The average molecular weight is 395 g/mol. The Balaban J connectivity index is 1.56. The maximum absolute atomic E-state index is 12.1. The molecule has 1 fully saturated rings. The molecule has 1 saturated heterocycles. The molecule has 0 aliphatic carbocycles. The van der Waals surface area contributed by atoms with Crippen LogP contribution in [0, 0.1) is 5.92 Å². The number of carbonyl (C=O) groups is 1. The number of thiazole rings is 1. The molecule has 140 valence electrons. The Bertz CT molecular complexity index is 860. The van der Waals surface area contributed by atoms with Crippen LogP contribution in [0.4, 0.5) is 5.13 Å². The minimum atomic E-state index is -2.96. The Kier molecular flexibility index (Phi) is 5.93. The SMILES string of the molecule is CCCOc1ccc(-c2csc(NC(=O)C[C@H]3CCS(=O)(=O)C3)n2)cc1. The zero-order valence-electron chi connectivity index (χ0n) is 14.6. The van der Waals surface area contributed by atoms with Gasteiger partial charge in [0.25, 0.3) is 0 Å². The van der Waals surface area contributed by atoms with E-state index in [2.05, 4.69) is 17.2 Å². The highest BCUT2D eigenvalue weighted by Gasteiger charge is 2.29. The first-order valence-electron chi connectivity index (χ1n) is 8.64. The second kappa shape index (κ2) is 8.18. The molecule has 1 aliphatic rings. The number of aromatic nitrogens is 1. The maximum Gasteiger partial charge on any atom is 0.226 e. The molecule has 2 aromatic rings. The first-order chi connectivity index (χ1) is 12.4. The van der Waals surface area contributed by atoms with Gasteiger partial charge >= 0.3 is 0 Å². The fourth-order valence-corrected chi connectivity index (χ4v) is 5.47. The molecule has 1 aromatic carbocycles. The smallest absolute Gasteiger partial charge is 0.226 e. The number of hydrogen-bond donors (Lipinski definition) is 1. The molecule has 0 bridgehead atoms. The second-order valence-corrected chi connectivity index (χ2v) is 9.52. The number of benzene rings is 1. The van der Waals surface area contributed by atoms with Gasteiger partial charge in [0.1, 0.15) is 5.75 Å². The Hall–Kier alpha value is -1.93. The molecular weight excluding hydrogens is 372 g/mol. The zero-order valence-corrected chi connectivity index (χ0v) is 16.2. The minimum Gasteiger partial charge on any atom is -0.494 e. The fourth-order valence-electron chi connectivity index (χ4n) is 2.87. The van der Waals surface area contributed by atoms with Gasteiger partial charge in [0.05, 0.1) is 23.8 Å². The summed E-state index contributed by atoms with van der Waals surface area (Å²) in [5.74, 6) is 0.845. The summed E-state index contributed by atoms with van der Waals surface area (Å²) in [7, 11) is -2.96. The monoisotopic (exact) mass is 394 g/mol. The number of amides is 1. The highest BCUT2D eigenvalue weighted by Crippen LogP contribution is 2.27. The lowest BCUT2D eigenvalue weighted by Gasteiger charge is -2.06. The summed E-state index contributed by atoms with van der Waals surface area (Å²) >= 11 is 1.36. The van der Waals surface area contributed by atoms with Crippen LogP contribution < -0.4 is 10.1 Å². The van der Waals surface area contributed by atoms with Crippen LogP contribution in [0.5, 0.6) is 5.75 Å². The molecule has 8 heteroatoms. The fraction of sp³-hybridized carbons (Fsp3) is 0.444. The van der Waals surface area contributed by atoms with Gasteiger partial charge in [-0.25, -0.2) is 13.4 Å². The number of hydrogen-bond acceptors (Lipinski definition) is 6. The van der Waals surface area contributed by atoms with E-state index in [-0.39, 0.29) is 29.8 Å². The number of ether oxygens (including phenoxy) is 1. The number of sulfone groups is 1. The molecule has 0 unspecified atom stereocenters. The first-order valence-corrected chi connectivity index (χ1v) is 11.3. The average Bonchev–Trinajstić information content (AvgIpc) is 3.19. The van der Waals surface area contributed by atoms with E-state index in [4.69, 9.17) is 4.74 Å². The van der Waals surface area contributed by atoms with Crippen molar-refractivity contribution in [2.45, 2.75) is 26.2 Å². The van der Waals surface area contributed by atoms with Crippen LogP contribution in [0.15, 0.2) is 29.6 Å². The molecule has 6 nitrogen and oxygen atoms in total. The van der Waals surface area contributed by atoms with Gasteiger partial charge in [0.15, 0.2) is 15.0 Å². The van der Waals surface area contributed by atoms with Gasteiger partial charge in [-0.1, -0.05) is 6.92 Å². The van der Waals surface area contributed by atoms with Crippen molar-refractivity contribution in [1.82, 2.24) is 4.98 Å². The third kappa shape index (κ3) is 5.04. The maximum atomic E-state index is 12.1. The Labute approximate surface area is 157 Å². The van der Waals surface area contributed by atoms with Gasteiger partial charge in [-0.2, -0.15) is 0 Å². The van der Waals surface area contributed by atoms with Gasteiger partial charge in [-0.3, -0.25) is 4.79 Å². The van der Waals surface area contributed by atoms with Gasteiger partial charge in [-0.15, -0.1) is 11.3 Å². The second-order valence-electron chi connectivity index (χ2n) is 6.43. The topological polar surface area (TPSA) is 85.4 Å². The quantitative estimate of drug-likeness (QED) is 0.778. The van der Waals surface area contributed by atoms with E-state index in [1.54, 1.807) is 0 Å². The van der Waals surface area contributed by atoms with Crippen LogP contribution in [-0.2, 0) is 14.6 Å². The molecule has 0 spiro atoms. The Morgan fingerprint density at radius 1 is 1.35 bits per heavy atom. The summed E-state index contributed by atoms with van der Waals surface area (Å²) in [6.07, 6.45) is 1.74. The predicted octanol–water partition coefficient (Wildman–Crippen LogP) is 3.36. The van der Waals surface area contributed by atoms with Crippen LogP contribution >= 0.6 is 11.3 Å². The summed E-state index contributed by atoms with van der Waals surface area (Å²) in [5.41, 5.74) is 1.74. The van der Waals surface area contributed by atoms with Crippen molar-refractivity contribution < 1.29 is 17.9 Å². The lowest BCUT2D eigenvalue weighted by atomic mass is 10.1. The third-order valence-electron chi connectivity index (χ3n) is 4.17. The largest absolute Gasteiger partial charge is 0.494 e. The first kappa shape index (κ1) is 18.8. The lowest BCUT2D eigenvalue weighted by Crippen LogP contribution is -2.17. The standard InChI is InChI=1S/C18H22N2O4S2/c1-2-8-24-15-5-3-14(4-6-15)16-11-25-18(19-16)20-17(21)10-13-7-9-26(22,23)12-13/h3-6,11,13H,2,7-10,12H2,1H3,(H,19,20,21)/t13-/m1/s1. The van der Waals surface area contributed by atoms with Gasteiger partial charge in [0, 0.05) is 17.4 Å². The highest BCUT2D eigenvalue weighted by molar-refractivity contribution is 7.91. The summed E-state index contributed by atoms with van der Waals surface area (Å²) < 4.78 is 28.5. The third-order valence-corrected chi connectivity index (χ3v) is 6.77. The predicted molar refractivity (Wildman–Crippen MR) is 103 cm³/mol. The molecule has 1 aromatic heterocycles. The molecule has 0 saturated carbocycles. The van der Waals surface area contributed by atoms with E-state index in [0.717, 1.165) is 23.4 Å². The van der Waals surface area contributed by atoms with E-state index >= 15 is 0 Å². The van der Waals surface area contributed by atoms with E-state index in [1.807, 2.05) is 29.6 Å². The zero-order chi connectivity index (χ0) is 18.6. The summed E-state index contributed by atoms with van der Waals surface area (Å²) in [6.45, 7) is 2.75. The molecule has 0 radical (unpaired) electrons. The lowest BCUT2D eigenvalue weighted by molar-refractivity contribution is -0.116. The van der Waals surface area contributed by atoms with Crippen molar-refractivity contribution in [2.24, 2.45) is 5.92 Å². The molecule has 2 heterocycles. The van der Waals surface area contributed by atoms with Crippen LogP contribution in [0.3, 0.4) is 0 Å². The van der Waals surface area contributed by atoms with Gasteiger partial charge in [0.2, 0.25) is 5.91 Å². The summed E-state index contributed by atoms with van der Waals surface area (Å²) in [5, 5.41) is 5.19. The van der Waals surface area contributed by atoms with Gasteiger partial charge in [-0.05, 0) is 43.0 Å². The number of nitrogens with one attached hydrogen (secondary N) is 1. The van der Waals surface area contributed by atoms with Crippen molar-refractivity contribution >= 4 is 32.2 Å². The number of carbonyl (C=O) groups excluding carboxylic acids is 1. The van der Waals surface area contributed by atoms with Crippen LogP contribution in [0.25, 0.3) is 11.3 Å². The molecule has 26 heavy (non-hydrogen) atoms. The van der Waals surface area contributed by atoms with Crippen molar-refractivity contribution in [1.29, 1.82) is 0 Å². The number of anilines is 1. The highest BCUT2D eigenvalue weighted by atomic mass is 32.2. The van der Waals surface area contributed by atoms with Crippen molar-refractivity contribution in [2.75, 3.05) is 23.4 Å². The molecule has 1 atom stereocenters. The van der Waals surface area contributed by atoms with Crippen LogP contribution in [0.1, 0.15) is 26.2 Å². The number of nitrogens with zero attached hydrogens (tertiary/aromatic N) is 1. The van der Waals surface area contributed by atoms with E-state index in [9.17, 15) is 13.2 Å². The molecule has 1 N–H and O–H groups in total. The van der Waals surface area contributed by atoms with Crippen molar-refractivity contribution in [3.05, 3.63) is 29.6 Å². The molecule has 1 aliphatic heterocycles. The van der Waals surface area contributed by atoms with Crippen LogP contribution in [-0.4, -0.2) is 37.4 Å². The molecule has 1 amide bonds. The van der Waals surface area contributed by atoms with Crippen molar-refractivity contribution in [3.63, 3.8) is 0 Å². The van der Waals surface area contributed by atoms with Crippen molar-refractivity contribution in [3.8, 4) is 17.0 Å². The van der Waals surface area contributed by atoms with Gasteiger partial charge < -0.3 is 10.1 Å². The van der Waals surface area contributed by atoms with E-state index < -0.39 is 9.84 Å². The molecule has 3 rings (SSSR count). The normalized spacial score (nSPS) is 18.6. The van der Waals surface area contributed by atoms with E-state index in [0.29, 0.717) is 18.2 Å². The Morgan fingerprint density at radius 2 is 2.12 bits per heavy atom. The van der Waals surface area contributed by atoms with E-state index in [1.165, 1.54) is 11.3 Å². The van der Waals surface area contributed by atoms with Crippen LogP contribution in [0.2, 0.25) is 0 Å². The summed E-state index contributed by atoms with van der Waals surface area (Å²) in [4.78, 5) is 16.6. The molecular formula is C18H22N2O4S2. The Morgan fingerprint density at radius 3 is 2.77 bits per heavy atom. The summed E-state index contributed by atoms with van der Waals surface area (Å²) in [6, 6.07) is 7.69. The number of rotatable bonds is 7.